The van der Waals surface area contributed by atoms with Gasteiger partial charge >= 0.3 is 6.03 Å². The minimum absolute atomic E-state index is 0.122. The topological polar surface area (TPSA) is 128 Å². The van der Waals surface area contributed by atoms with Gasteiger partial charge in [-0.05, 0) is 76.4 Å². The van der Waals surface area contributed by atoms with Crippen molar-refractivity contribution in [3.05, 3.63) is 82.0 Å². The first-order valence-electron chi connectivity index (χ1n) is 15.6. The molecule has 0 aliphatic carbocycles. The van der Waals surface area contributed by atoms with Crippen LogP contribution in [0.5, 0.6) is 5.75 Å². The highest BCUT2D eigenvalue weighted by atomic mass is 32.2. The third kappa shape index (κ3) is 9.09. The molecule has 46 heavy (non-hydrogen) atoms. The standard InChI is InChI=1S/C34H46N4O6S2/c1-23(2)17-27-19-28(44-5)11-12-31(27)46(42,43)35-20-30(39)29(18-25-9-7-6-8-10-25)36-33(40)32(24(3)4)38-15-14-37(34(38)41)21-26-13-16-45-22-26/h6-13,16,19,22-24,29-30,32,35,39H,14-15,17-18,20-21H2,1-5H3,(H,36,40)/t29-,30+,32-/m0/s1. The Hall–Kier alpha value is -3.45. The Morgan fingerprint density at radius 3 is 2.39 bits per heavy atom. The second-order valence-electron chi connectivity index (χ2n) is 12.5. The molecular formula is C34H46N4O6S2. The lowest BCUT2D eigenvalue weighted by molar-refractivity contribution is -0.128. The predicted molar refractivity (Wildman–Crippen MR) is 180 cm³/mol. The molecule has 0 bridgehead atoms. The summed E-state index contributed by atoms with van der Waals surface area (Å²) >= 11 is 1.57. The van der Waals surface area contributed by atoms with Gasteiger partial charge in [0.05, 0.1) is 24.2 Å². The minimum Gasteiger partial charge on any atom is -0.497 e. The van der Waals surface area contributed by atoms with E-state index in [1.165, 1.54) is 13.2 Å². The number of methoxy groups -OCH3 is 1. The van der Waals surface area contributed by atoms with E-state index in [4.69, 9.17) is 4.74 Å². The normalized spacial score (nSPS) is 15.8. The van der Waals surface area contributed by atoms with Crippen molar-refractivity contribution in [2.45, 2.75) is 70.2 Å². The van der Waals surface area contributed by atoms with Gasteiger partial charge in [0.25, 0.3) is 0 Å². The van der Waals surface area contributed by atoms with Crippen LogP contribution in [0.4, 0.5) is 4.79 Å². The number of sulfonamides is 1. The van der Waals surface area contributed by atoms with Crippen molar-refractivity contribution in [1.29, 1.82) is 0 Å². The fraction of sp³-hybridized carbons (Fsp3) is 0.471. The van der Waals surface area contributed by atoms with Gasteiger partial charge in [-0.25, -0.2) is 17.9 Å². The number of amides is 3. The van der Waals surface area contributed by atoms with Crippen LogP contribution in [-0.2, 0) is 34.2 Å². The summed E-state index contributed by atoms with van der Waals surface area (Å²) in [5.41, 5.74) is 2.53. The van der Waals surface area contributed by atoms with Gasteiger partial charge in [-0.2, -0.15) is 11.3 Å². The molecule has 10 nitrogen and oxygen atoms in total. The van der Waals surface area contributed by atoms with Crippen molar-refractivity contribution in [3.8, 4) is 5.75 Å². The molecule has 2 heterocycles. The maximum atomic E-state index is 13.9. The number of carbonyl (C=O) groups is 2. The van der Waals surface area contributed by atoms with Crippen LogP contribution in [0.2, 0.25) is 0 Å². The average molecular weight is 671 g/mol. The SMILES string of the molecule is COc1ccc(S(=O)(=O)NC[C@@H](O)[C@H](Cc2ccccc2)NC(=O)[C@H](C(C)C)N2CCN(Cc3ccsc3)C2=O)c(CC(C)C)c1. The van der Waals surface area contributed by atoms with Crippen LogP contribution in [0.25, 0.3) is 0 Å². The monoisotopic (exact) mass is 670 g/mol. The molecule has 3 amide bonds. The van der Waals surface area contributed by atoms with E-state index in [1.807, 2.05) is 74.9 Å². The van der Waals surface area contributed by atoms with Crippen molar-refractivity contribution in [3.63, 3.8) is 0 Å². The number of urea groups is 1. The van der Waals surface area contributed by atoms with Gasteiger partial charge in [-0.1, -0.05) is 58.0 Å². The number of hydrogen-bond donors (Lipinski definition) is 3. The lowest BCUT2D eigenvalue weighted by Crippen LogP contribution is -2.57. The van der Waals surface area contributed by atoms with Gasteiger partial charge in [-0.15, -0.1) is 0 Å². The third-order valence-corrected chi connectivity index (χ3v) is 10.3. The molecule has 1 aromatic heterocycles. The van der Waals surface area contributed by atoms with E-state index in [2.05, 4.69) is 10.0 Å². The summed E-state index contributed by atoms with van der Waals surface area (Å²) in [7, 11) is -2.47. The van der Waals surface area contributed by atoms with E-state index in [0.29, 0.717) is 37.4 Å². The second kappa shape index (κ2) is 15.9. The zero-order valence-corrected chi connectivity index (χ0v) is 28.8. The molecule has 3 atom stereocenters. The van der Waals surface area contributed by atoms with E-state index in [-0.39, 0.29) is 35.7 Å². The minimum atomic E-state index is -4.01. The van der Waals surface area contributed by atoms with E-state index < -0.39 is 34.1 Å². The summed E-state index contributed by atoms with van der Waals surface area (Å²) in [5, 5.41) is 18.4. The Kier molecular flexibility index (Phi) is 12.2. The van der Waals surface area contributed by atoms with Crippen LogP contribution in [-0.4, -0.2) is 80.2 Å². The highest BCUT2D eigenvalue weighted by molar-refractivity contribution is 7.89. The maximum absolute atomic E-state index is 13.9. The van der Waals surface area contributed by atoms with Crippen LogP contribution < -0.4 is 14.8 Å². The molecular weight excluding hydrogens is 625 g/mol. The molecule has 250 valence electrons. The zero-order chi connectivity index (χ0) is 33.4. The molecule has 1 aliphatic heterocycles. The number of aliphatic hydroxyl groups is 1. The Bertz CT molecular complexity index is 1550. The Labute approximate surface area is 276 Å². The smallest absolute Gasteiger partial charge is 0.321 e. The van der Waals surface area contributed by atoms with Crippen molar-refractivity contribution in [2.24, 2.45) is 11.8 Å². The van der Waals surface area contributed by atoms with Crippen LogP contribution in [0.15, 0.2) is 70.3 Å². The predicted octanol–water partition coefficient (Wildman–Crippen LogP) is 4.28. The van der Waals surface area contributed by atoms with Crippen molar-refractivity contribution < 1.29 is 27.9 Å². The number of ether oxygens (including phenoxy) is 1. The quantitative estimate of drug-likeness (QED) is 0.209. The summed E-state index contributed by atoms with van der Waals surface area (Å²) in [6.45, 7) is 8.86. The molecule has 1 fully saturated rings. The molecule has 3 N–H and O–H groups in total. The summed E-state index contributed by atoms with van der Waals surface area (Å²) in [4.78, 5) is 30.8. The molecule has 0 spiro atoms. The van der Waals surface area contributed by atoms with E-state index in [1.54, 1.807) is 33.3 Å². The Morgan fingerprint density at radius 2 is 1.76 bits per heavy atom. The number of thiophene rings is 1. The maximum Gasteiger partial charge on any atom is 0.321 e. The fourth-order valence-electron chi connectivity index (χ4n) is 5.79. The van der Waals surface area contributed by atoms with E-state index in [9.17, 15) is 23.1 Å². The van der Waals surface area contributed by atoms with Crippen LogP contribution in [0.1, 0.15) is 44.4 Å². The van der Waals surface area contributed by atoms with Crippen LogP contribution >= 0.6 is 11.3 Å². The number of benzene rings is 2. The molecule has 0 radical (unpaired) electrons. The Morgan fingerprint density at radius 1 is 1.02 bits per heavy atom. The van der Waals surface area contributed by atoms with Crippen molar-refractivity contribution in [2.75, 3.05) is 26.7 Å². The van der Waals surface area contributed by atoms with E-state index in [0.717, 1.165) is 11.1 Å². The van der Waals surface area contributed by atoms with Gasteiger partial charge in [0.15, 0.2) is 0 Å². The molecule has 0 saturated carbocycles. The highest BCUT2D eigenvalue weighted by Gasteiger charge is 2.40. The van der Waals surface area contributed by atoms with Gasteiger partial charge in [0.2, 0.25) is 15.9 Å². The molecule has 12 heteroatoms. The lowest BCUT2D eigenvalue weighted by Gasteiger charge is -2.33. The summed E-state index contributed by atoms with van der Waals surface area (Å²) < 4.78 is 34.9. The molecule has 3 aromatic rings. The average Bonchev–Trinajstić information content (AvgIpc) is 3.66. The van der Waals surface area contributed by atoms with Crippen molar-refractivity contribution >= 4 is 33.3 Å². The van der Waals surface area contributed by atoms with Gasteiger partial charge in [0, 0.05) is 26.2 Å². The first kappa shape index (κ1) is 35.4. The number of hydrogen-bond acceptors (Lipinski definition) is 7. The van der Waals surface area contributed by atoms with Gasteiger partial charge in [0.1, 0.15) is 11.8 Å². The number of rotatable bonds is 16. The van der Waals surface area contributed by atoms with Crippen molar-refractivity contribution in [1.82, 2.24) is 19.8 Å². The summed E-state index contributed by atoms with van der Waals surface area (Å²) in [6.07, 6.45) is -0.471. The molecule has 4 rings (SSSR count). The molecule has 2 aromatic carbocycles. The third-order valence-electron chi connectivity index (χ3n) is 8.07. The lowest BCUT2D eigenvalue weighted by atomic mass is 9.98. The summed E-state index contributed by atoms with van der Waals surface area (Å²) in [5.74, 6) is 0.174. The number of aliphatic hydroxyl groups excluding tert-OH is 1. The van der Waals surface area contributed by atoms with Gasteiger partial charge in [-0.3, -0.25) is 4.79 Å². The van der Waals surface area contributed by atoms with Crippen LogP contribution in [0, 0.1) is 11.8 Å². The zero-order valence-electron chi connectivity index (χ0n) is 27.2. The van der Waals surface area contributed by atoms with Crippen LogP contribution in [0.3, 0.4) is 0 Å². The number of nitrogens with zero attached hydrogens (tertiary/aromatic N) is 2. The molecule has 0 unspecified atom stereocenters. The first-order valence-corrected chi connectivity index (χ1v) is 18.1. The fourth-order valence-corrected chi connectivity index (χ4v) is 7.73. The number of carbonyl (C=O) groups excluding carboxylic acids is 2. The van der Waals surface area contributed by atoms with Gasteiger partial charge < -0.3 is 25.0 Å². The number of nitrogens with one attached hydrogen (secondary N) is 2. The first-order chi connectivity index (χ1) is 21.9. The molecule has 1 saturated heterocycles. The summed E-state index contributed by atoms with van der Waals surface area (Å²) in [6, 6.07) is 14.4. The largest absolute Gasteiger partial charge is 0.497 e. The highest BCUT2D eigenvalue weighted by Crippen LogP contribution is 2.25. The van der Waals surface area contributed by atoms with E-state index >= 15 is 0 Å². The molecule has 1 aliphatic rings. The second-order valence-corrected chi connectivity index (χ2v) is 15.0. The Balaban J connectivity index is 1.51.